The van der Waals surface area contributed by atoms with Gasteiger partial charge in [-0.1, -0.05) is 45.9 Å². The second-order valence-electron chi connectivity index (χ2n) is 9.58. The molecular weight excluding hydrogens is 340 g/mol. The third kappa shape index (κ3) is 1.98. The van der Waals surface area contributed by atoms with Crippen molar-refractivity contribution in [2.75, 3.05) is 5.01 Å². The summed E-state index contributed by atoms with van der Waals surface area (Å²) in [5.41, 5.74) is 0.227. The Kier molecular flexibility index (Phi) is 3.41. The van der Waals surface area contributed by atoms with Crippen molar-refractivity contribution in [3.05, 3.63) is 30.3 Å². The summed E-state index contributed by atoms with van der Waals surface area (Å²) in [4.78, 5) is 27.3. The van der Waals surface area contributed by atoms with Crippen molar-refractivity contribution in [3.8, 4) is 0 Å². The minimum Gasteiger partial charge on any atom is -0.359 e. The molecule has 5 nitrogen and oxygen atoms in total. The fraction of sp³-hybridized carbons (Fsp3) is 0.636. The van der Waals surface area contributed by atoms with E-state index in [1.54, 1.807) is 10.0 Å². The number of epoxide rings is 1. The lowest BCUT2D eigenvalue weighted by Gasteiger charge is -2.34. The van der Waals surface area contributed by atoms with Gasteiger partial charge in [0, 0.05) is 0 Å². The molecule has 5 heteroatoms. The summed E-state index contributed by atoms with van der Waals surface area (Å²) >= 11 is 0. The molecule has 1 aromatic carbocycles. The van der Waals surface area contributed by atoms with Gasteiger partial charge in [0.2, 0.25) is 0 Å². The Hall–Kier alpha value is -1.88. The Labute approximate surface area is 160 Å². The quantitative estimate of drug-likeness (QED) is 0.769. The molecule has 2 saturated carbocycles. The number of carbonyl (C=O) groups excluding carboxylic acids is 2. The molecule has 2 aliphatic carbocycles. The topological polar surface area (TPSA) is 53.2 Å². The van der Waals surface area contributed by atoms with Gasteiger partial charge in [-0.2, -0.15) is 0 Å². The summed E-state index contributed by atoms with van der Waals surface area (Å²) in [7, 11) is 0. The molecule has 144 valence electrons. The monoisotopic (exact) mass is 368 g/mol. The zero-order valence-corrected chi connectivity index (χ0v) is 16.5. The van der Waals surface area contributed by atoms with Crippen molar-refractivity contribution in [2.24, 2.45) is 22.7 Å². The zero-order valence-electron chi connectivity index (χ0n) is 16.5. The molecule has 2 aliphatic heterocycles. The molecule has 27 heavy (non-hydrogen) atoms. The Balaban J connectivity index is 1.59. The van der Waals surface area contributed by atoms with Crippen molar-refractivity contribution in [2.45, 2.75) is 65.2 Å². The molecule has 2 saturated heterocycles. The van der Waals surface area contributed by atoms with Crippen LogP contribution in [0.2, 0.25) is 0 Å². The molecule has 0 aromatic heterocycles. The molecule has 2 amide bonds. The van der Waals surface area contributed by atoms with Crippen molar-refractivity contribution in [1.82, 2.24) is 5.01 Å². The van der Waals surface area contributed by atoms with Crippen LogP contribution in [0.5, 0.6) is 0 Å². The third-order valence-corrected chi connectivity index (χ3v) is 7.87. The summed E-state index contributed by atoms with van der Waals surface area (Å²) in [5.74, 6) is 0.850. The molecule has 5 rings (SSSR count). The highest BCUT2D eigenvalue weighted by Gasteiger charge is 2.75. The first kappa shape index (κ1) is 17.2. The Morgan fingerprint density at radius 1 is 1.22 bits per heavy atom. The number of hydrogen-bond donors (Lipinski definition) is 0. The predicted molar refractivity (Wildman–Crippen MR) is 102 cm³/mol. The van der Waals surface area contributed by atoms with Crippen LogP contribution in [-0.4, -0.2) is 35.1 Å². The van der Waals surface area contributed by atoms with Gasteiger partial charge in [-0.05, 0) is 48.6 Å². The first-order chi connectivity index (χ1) is 12.8. The summed E-state index contributed by atoms with van der Waals surface area (Å²) < 4.78 is 5.72. The molecule has 4 fully saturated rings. The van der Waals surface area contributed by atoms with E-state index in [9.17, 15) is 9.59 Å². The number of hydrazine groups is 1. The second kappa shape index (κ2) is 5.34. The van der Waals surface area contributed by atoms with E-state index >= 15 is 0 Å². The summed E-state index contributed by atoms with van der Waals surface area (Å²) in [6.07, 6.45) is 2.41. The molecule has 1 spiro atoms. The van der Waals surface area contributed by atoms with Crippen LogP contribution < -0.4 is 5.01 Å². The molecule has 4 aliphatic rings. The van der Waals surface area contributed by atoms with Crippen LogP contribution in [0, 0.1) is 22.7 Å². The SMILES string of the molecule is CC(C)[C@H]1O[C@@H]1C(=O)N1[C@@H]2C[C@H]3CC[C@]2(C(=O)N1c1ccccc1)C3(C)C. The smallest absolute Gasteiger partial charge is 0.273 e. The molecule has 0 radical (unpaired) electrons. The van der Waals surface area contributed by atoms with Gasteiger partial charge in [0.1, 0.15) is 0 Å². The molecule has 2 heterocycles. The lowest BCUT2D eigenvalue weighted by atomic mass is 9.67. The Bertz CT molecular complexity index is 805. The van der Waals surface area contributed by atoms with Crippen LogP contribution in [0.25, 0.3) is 0 Å². The van der Waals surface area contributed by atoms with Crippen LogP contribution in [0.15, 0.2) is 30.3 Å². The maximum absolute atomic E-state index is 13.8. The van der Waals surface area contributed by atoms with E-state index in [4.69, 9.17) is 4.74 Å². The first-order valence-corrected chi connectivity index (χ1v) is 10.2. The lowest BCUT2D eigenvalue weighted by molar-refractivity contribution is -0.135. The average molecular weight is 368 g/mol. The zero-order chi connectivity index (χ0) is 19.1. The van der Waals surface area contributed by atoms with Gasteiger partial charge in [0.25, 0.3) is 11.8 Å². The Morgan fingerprint density at radius 2 is 1.93 bits per heavy atom. The molecular formula is C22H28N2O3. The maximum Gasteiger partial charge on any atom is 0.273 e. The first-order valence-electron chi connectivity index (χ1n) is 10.2. The van der Waals surface area contributed by atoms with E-state index < -0.39 is 11.5 Å². The number of benzene rings is 1. The fourth-order valence-electron chi connectivity index (χ4n) is 6.21. The third-order valence-electron chi connectivity index (χ3n) is 7.87. The number of amides is 2. The van der Waals surface area contributed by atoms with E-state index in [2.05, 4.69) is 27.7 Å². The van der Waals surface area contributed by atoms with Crippen molar-refractivity contribution < 1.29 is 14.3 Å². The van der Waals surface area contributed by atoms with Gasteiger partial charge >= 0.3 is 0 Å². The summed E-state index contributed by atoms with van der Waals surface area (Å²) in [5, 5.41) is 3.46. The largest absolute Gasteiger partial charge is 0.359 e. The highest BCUT2D eigenvalue weighted by atomic mass is 16.6. The highest BCUT2D eigenvalue weighted by Crippen LogP contribution is 2.70. The van der Waals surface area contributed by atoms with Gasteiger partial charge in [0.05, 0.1) is 23.2 Å². The van der Waals surface area contributed by atoms with Gasteiger partial charge in [-0.15, -0.1) is 0 Å². The maximum atomic E-state index is 13.8. The molecule has 2 bridgehead atoms. The van der Waals surface area contributed by atoms with Crippen LogP contribution in [-0.2, 0) is 14.3 Å². The van der Waals surface area contributed by atoms with Crippen molar-refractivity contribution in [1.29, 1.82) is 0 Å². The number of fused-ring (bicyclic) bond motifs is 1. The minimum absolute atomic E-state index is 0.0339. The lowest BCUT2D eigenvalue weighted by Crippen LogP contribution is -2.49. The number of ether oxygens (including phenoxy) is 1. The van der Waals surface area contributed by atoms with Gasteiger partial charge in [0.15, 0.2) is 6.10 Å². The minimum atomic E-state index is -0.467. The molecule has 1 aromatic rings. The van der Waals surface area contributed by atoms with E-state index in [0.29, 0.717) is 11.8 Å². The summed E-state index contributed by atoms with van der Waals surface area (Å²) in [6.45, 7) is 8.60. The van der Waals surface area contributed by atoms with E-state index in [1.165, 1.54) is 0 Å². The highest BCUT2D eigenvalue weighted by molar-refractivity contribution is 6.05. The number of para-hydroxylation sites is 1. The molecule has 0 N–H and O–H groups in total. The number of nitrogens with zero attached hydrogens (tertiary/aromatic N) is 2. The van der Waals surface area contributed by atoms with Gasteiger partial charge in [-0.25, -0.2) is 10.0 Å². The van der Waals surface area contributed by atoms with E-state index in [1.807, 2.05) is 30.3 Å². The van der Waals surface area contributed by atoms with Crippen molar-refractivity contribution in [3.63, 3.8) is 0 Å². The van der Waals surface area contributed by atoms with Gasteiger partial charge < -0.3 is 4.74 Å². The number of rotatable bonds is 3. The van der Waals surface area contributed by atoms with E-state index in [-0.39, 0.29) is 29.4 Å². The standard InChI is InChI=1S/C22H28N2O3/c1-13(2)17-18(27-17)19(25)24-16-12-14-10-11-22(16,21(14,3)4)20(26)23(24)15-8-6-5-7-9-15/h5-9,13-14,16-18H,10-12H2,1-4H3/t14-,16-,17-,18+,22+/m1/s1. The normalized spacial score (nSPS) is 38.6. The van der Waals surface area contributed by atoms with Crippen LogP contribution in [0.1, 0.15) is 47.0 Å². The predicted octanol–water partition coefficient (Wildman–Crippen LogP) is 3.40. The summed E-state index contributed by atoms with van der Waals surface area (Å²) in [6, 6.07) is 9.56. The van der Waals surface area contributed by atoms with Crippen LogP contribution in [0.4, 0.5) is 5.69 Å². The average Bonchev–Trinajstić information content (AvgIpc) is 3.31. The van der Waals surface area contributed by atoms with Crippen LogP contribution >= 0.6 is 0 Å². The second-order valence-corrected chi connectivity index (χ2v) is 9.58. The number of hydrogen-bond acceptors (Lipinski definition) is 3. The Morgan fingerprint density at radius 3 is 2.52 bits per heavy atom. The van der Waals surface area contributed by atoms with Crippen LogP contribution in [0.3, 0.4) is 0 Å². The molecule has 5 atom stereocenters. The van der Waals surface area contributed by atoms with E-state index in [0.717, 1.165) is 24.9 Å². The fourth-order valence-corrected chi connectivity index (χ4v) is 6.21. The number of carbonyl (C=O) groups is 2. The van der Waals surface area contributed by atoms with Gasteiger partial charge in [-0.3, -0.25) is 9.59 Å². The number of anilines is 1. The molecule has 0 unspecified atom stereocenters. The van der Waals surface area contributed by atoms with Crippen molar-refractivity contribution >= 4 is 17.5 Å².